The largest absolute Gasteiger partial charge is 0.356 e. The smallest absolute Gasteiger partial charge is 0.220 e. The molecule has 0 unspecified atom stereocenters. The van der Waals surface area contributed by atoms with Crippen molar-refractivity contribution in [2.45, 2.75) is 38.6 Å². The monoisotopic (exact) mass is 304 g/mol. The lowest BCUT2D eigenvalue weighted by atomic mass is 10.0. The van der Waals surface area contributed by atoms with Crippen LogP contribution in [0, 0.1) is 0 Å². The molecule has 0 saturated carbocycles. The van der Waals surface area contributed by atoms with E-state index in [0.29, 0.717) is 19.4 Å². The second kappa shape index (κ2) is 8.36. The van der Waals surface area contributed by atoms with Gasteiger partial charge in [-0.15, -0.1) is 0 Å². The molecular formula is C16H24N4O2. The number of hydrogen-bond acceptors (Lipinski definition) is 4. The standard InChI is InChI=1S/C16H24N4O2/c1-13(21)17-10-4-6-16(22)19-14-7-11-20(12-8-14)15-5-2-3-9-18-15/h2-3,5,9,14H,4,6-8,10-12H2,1H3,(H,17,21)(H,19,22). The average molecular weight is 304 g/mol. The van der Waals surface area contributed by atoms with E-state index in [-0.39, 0.29) is 17.9 Å². The fraction of sp³-hybridized carbons (Fsp3) is 0.562. The van der Waals surface area contributed by atoms with Gasteiger partial charge in [0, 0.05) is 45.2 Å². The number of hydrogen-bond donors (Lipinski definition) is 2. The van der Waals surface area contributed by atoms with E-state index < -0.39 is 0 Å². The number of aromatic nitrogens is 1. The van der Waals surface area contributed by atoms with Gasteiger partial charge in [-0.05, 0) is 31.4 Å². The van der Waals surface area contributed by atoms with Crippen LogP contribution in [0.2, 0.25) is 0 Å². The van der Waals surface area contributed by atoms with Gasteiger partial charge in [0.1, 0.15) is 5.82 Å². The Kier molecular flexibility index (Phi) is 6.18. The van der Waals surface area contributed by atoms with E-state index in [2.05, 4.69) is 20.5 Å². The second-order valence-electron chi connectivity index (χ2n) is 5.60. The van der Waals surface area contributed by atoms with Crippen LogP contribution in [-0.4, -0.2) is 42.5 Å². The van der Waals surface area contributed by atoms with Crippen LogP contribution in [0.15, 0.2) is 24.4 Å². The zero-order valence-electron chi connectivity index (χ0n) is 13.0. The van der Waals surface area contributed by atoms with Crippen LogP contribution in [0.1, 0.15) is 32.6 Å². The van der Waals surface area contributed by atoms with Gasteiger partial charge in [0.25, 0.3) is 0 Å². The third-order valence-corrected chi connectivity index (χ3v) is 3.79. The van der Waals surface area contributed by atoms with Gasteiger partial charge in [-0.25, -0.2) is 4.98 Å². The molecule has 0 bridgehead atoms. The highest BCUT2D eigenvalue weighted by atomic mass is 16.2. The molecule has 1 aliphatic heterocycles. The van der Waals surface area contributed by atoms with Crippen molar-refractivity contribution in [2.24, 2.45) is 0 Å². The van der Waals surface area contributed by atoms with Crippen molar-refractivity contribution in [1.82, 2.24) is 15.6 Å². The molecule has 0 radical (unpaired) electrons. The van der Waals surface area contributed by atoms with Crippen LogP contribution >= 0.6 is 0 Å². The Morgan fingerprint density at radius 3 is 2.73 bits per heavy atom. The number of pyridine rings is 1. The molecule has 1 saturated heterocycles. The third kappa shape index (κ3) is 5.35. The SMILES string of the molecule is CC(=O)NCCCC(=O)NC1CCN(c2ccccn2)CC1. The highest BCUT2D eigenvalue weighted by Gasteiger charge is 2.21. The number of rotatable bonds is 6. The molecule has 1 fully saturated rings. The Balaban J connectivity index is 1.64. The van der Waals surface area contributed by atoms with E-state index in [0.717, 1.165) is 31.7 Å². The van der Waals surface area contributed by atoms with E-state index in [1.165, 1.54) is 6.92 Å². The molecule has 6 heteroatoms. The van der Waals surface area contributed by atoms with Crippen molar-refractivity contribution < 1.29 is 9.59 Å². The van der Waals surface area contributed by atoms with Gasteiger partial charge in [0.15, 0.2) is 0 Å². The molecule has 2 amide bonds. The maximum atomic E-state index is 11.9. The maximum Gasteiger partial charge on any atom is 0.220 e. The summed E-state index contributed by atoms with van der Waals surface area (Å²) in [6.07, 6.45) is 4.82. The Morgan fingerprint density at radius 1 is 1.32 bits per heavy atom. The zero-order chi connectivity index (χ0) is 15.8. The van der Waals surface area contributed by atoms with Crippen molar-refractivity contribution in [3.63, 3.8) is 0 Å². The van der Waals surface area contributed by atoms with E-state index in [9.17, 15) is 9.59 Å². The molecular weight excluding hydrogens is 280 g/mol. The summed E-state index contributed by atoms with van der Waals surface area (Å²) < 4.78 is 0. The molecule has 1 aliphatic rings. The lowest BCUT2D eigenvalue weighted by Crippen LogP contribution is -2.45. The van der Waals surface area contributed by atoms with Crippen LogP contribution in [0.5, 0.6) is 0 Å². The number of carbonyl (C=O) groups excluding carboxylic acids is 2. The fourth-order valence-corrected chi connectivity index (χ4v) is 2.61. The molecule has 0 spiro atoms. The normalized spacial score (nSPS) is 15.4. The van der Waals surface area contributed by atoms with Gasteiger partial charge >= 0.3 is 0 Å². The molecule has 2 N–H and O–H groups in total. The summed E-state index contributed by atoms with van der Waals surface area (Å²) in [5.41, 5.74) is 0. The lowest BCUT2D eigenvalue weighted by molar-refractivity contribution is -0.122. The van der Waals surface area contributed by atoms with E-state index in [4.69, 9.17) is 0 Å². The predicted octanol–water partition coefficient (Wildman–Crippen LogP) is 1.08. The van der Waals surface area contributed by atoms with Crippen LogP contribution in [-0.2, 0) is 9.59 Å². The molecule has 120 valence electrons. The summed E-state index contributed by atoms with van der Waals surface area (Å²) in [5.74, 6) is 1.02. The van der Waals surface area contributed by atoms with Gasteiger partial charge in [-0.2, -0.15) is 0 Å². The van der Waals surface area contributed by atoms with E-state index in [1.807, 2.05) is 18.2 Å². The van der Waals surface area contributed by atoms with Crippen LogP contribution in [0.25, 0.3) is 0 Å². The number of nitrogens with zero attached hydrogens (tertiary/aromatic N) is 2. The Labute approximate surface area is 131 Å². The Hall–Kier alpha value is -2.11. The minimum absolute atomic E-state index is 0.0534. The quantitative estimate of drug-likeness (QED) is 0.771. The molecule has 2 rings (SSSR count). The first-order valence-corrected chi connectivity index (χ1v) is 7.85. The first-order chi connectivity index (χ1) is 10.6. The molecule has 1 aromatic heterocycles. The summed E-state index contributed by atoms with van der Waals surface area (Å²) >= 11 is 0. The molecule has 6 nitrogen and oxygen atoms in total. The molecule has 1 aromatic rings. The molecule has 2 heterocycles. The van der Waals surface area contributed by atoms with E-state index >= 15 is 0 Å². The van der Waals surface area contributed by atoms with Gasteiger partial charge < -0.3 is 15.5 Å². The van der Waals surface area contributed by atoms with Crippen LogP contribution < -0.4 is 15.5 Å². The first-order valence-electron chi connectivity index (χ1n) is 7.85. The maximum absolute atomic E-state index is 11.9. The summed E-state index contributed by atoms with van der Waals surface area (Å²) in [7, 11) is 0. The van der Waals surface area contributed by atoms with Gasteiger partial charge in [0.05, 0.1) is 0 Å². The van der Waals surface area contributed by atoms with Crippen molar-refractivity contribution in [1.29, 1.82) is 0 Å². The highest BCUT2D eigenvalue weighted by Crippen LogP contribution is 2.17. The fourth-order valence-electron chi connectivity index (χ4n) is 2.61. The zero-order valence-corrected chi connectivity index (χ0v) is 13.0. The predicted molar refractivity (Wildman–Crippen MR) is 85.5 cm³/mol. The minimum atomic E-state index is -0.0534. The van der Waals surface area contributed by atoms with Gasteiger partial charge in [-0.3, -0.25) is 9.59 Å². The van der Waals surface area contributed by atoms with Gasteiger partial charge in [-0.1, -0.05) is 6.07 Å². The van der Waals surface area contributed by atoms with Crippen molar-refractivity contribution in [2.75, 3.05) is 24.5 Å². The number of carbonyl (C=O) groups is 2. The average Bonchev–Trinajstić information content (AvgIpc) is 2.53. The summed E-state index contributed by atoms with van der Waals surface area (Å²) in [6.45, 7) is 3.86. The Morgan fingerprint density at radius 2 is 2.09 bits per heavy atom. The summed E-state index contributed by atoms with van der Waals surface area (Å²) in [6, 6.07) is 6.16. The second-order valence-corrected chi connectivity index (χ2v) is 5.60. The van der Waals surface area contributed by atoms with Crippen LogP contribution in [0.3, 0.4) is 0 Å². The molecule has 0 atom stereocenters. The Bertz CT molecular complexity index is 484. The molecule has 22 heavy (non-hydrogen) atoms. The number of anilines is 1. The summed E-state index contributed by atoms with van der Waals surface area (Å²) in [4.78, 5) is 29.2. The summed E-state index contributed by atoms with van der Waals surface area (Å²) in [5, 5.41) is 5.78. The number of piperidine rings is 1. The van der Waals surface area contributed by atoms with Crippen molar-refractivity contribution in [3.05, 3.63) is 24.4 Å². The topological polar surface area (TPSA) is 74.3 Å². The van der Waals surface area contributed by atoms with Crippen molar-refractivity contribution >= 4 is 17.6 Å². The molecule has 0 aromatic carbocycles. The lowest BCUT2D eigenvalue weighted by Gasteiger charge is -2.33. The number of nitrogens with one attached hydrogen (secondary N) is 2. The first kappa shape index (κ1) is 16.3. The third-order valence-electron chi connectivity index (χ3n) is 3.79. The molecule has 0 aliphatic carbocycles. The number of amides is 2. The van der Waals surface area contributed by atoms with Crippen LogP contribution in [0.4, 0.5) is 5.82 Å². The minimum Gasteiger partial charge on any atom is -0.356 e. The highest BCUT2D eigenvalue weighted by molar-refractivity contribution is 5.76. The van der Waals surface area contributed by atoms with Gasteiger partial charge in [0.2, 0.25) is 11.8 Å². The van der Waals surface area contributed by atoms with E-state index in [1.54, 1.807) is 6.20 Å². The van der Waals surface area contributed by atoms with Crippen molar-refractivity contribution in [3.8, 4) is 0 Å².